The number of hydrogen-bond donors (Lipinski definition) is 2. The molecular formula is C15H19N5O3S. The lowest BCUT2D eigenvalue weighted by Gasteiger charge is -2.10. The molecule has 0 spiro atoms. The van der Waals surface area contributed by atoms with Crippen LogP contribution < -0.4 is 20.6 Å². The topological polar surface area (TPSA) is 104 Å². The van der Waals surface area contributed by atoms with Crippen LogP contribution in [0.2, 0.25) is 0 Å². The maximum atomic E-state index is 11.8. The number of methoxy groups -OCH3 is 2. The van der Waals surface area contributed by atoms with E-state index in [4.69, 9.17) is 15.3 Å². The van der Waals surface area contributed by atoms with Crippen LogP contribution in [0.1, 0.15) is 12.8 Å². The smallest absolute Gasteiger partial charge is 0.230 e. The monoisotopic (exact) mass is 349 g/mol. The molecule has 8 nitrogen and oxygen atoms in total. The van der Waals surface area contributed by atoms with E-state index in [1.54, 1.807) is 32.4 Å². The molecule has 9 heteroatoms. The van der Waals surface area contributed by atoms with E-state index in [1.165, 1.54) is 16.4 Å². The Morgan fingerprint density at radius 2 is 2.17 bits per heavy atom. The number of amides is 1. The molecule has 0 radical (unpaired) electrons. The number of rotatable bonds is 7. The van der Waals surface area contributed by atoms with Crippen LogP contribution in [0.15, 0.2) is 23.4 Å². The summed E-state index contributed by atoms with van der Waals surface area (Å²) < 4.78 is 11.9. The molecule has 1 aromatic carbocycles. The van der Waals surface area contributed by atoms with Crippen molar-refractivity contribution in [2.24, 2.45) is 0 Å². The number of thioether (sulfide) groups is 1. The van der Waals surface area contributed by atoms with Crippen molar-refractivity contribution in [1.82, 2.24) is 20.2 Å². The van der Waals surface area contributed by atoms with Gasteiger partial charge < -0.3 is 20.6 Å². The second kappa shape index (κ2) is 7.00. The molecule has 0 atom stereocenters. The van der Waals surface area contributed by atoms with Crippen molar-refractivity contribution in [3.05, 3.63) is 18.2 Å². The quantitative estimate of drug-likeness (QED) is 0.568. The lowest BCUT2D eigenvalue weighted by molar-refractivity contribution is -0.118. The molecular weight excluding hydrogens is 330 g/mol. The SMILES string of the molecule is COc1ccc(-c2nnc(SCC(=O)NC3CC3)n2N)c(OC)c1. The Bertz CT molecular complexity index is 745. The molecule has 3 N–H and O–H groups in total. The molecule has 1 amide bonds. The van der Waals surface area contributed by atoms with Crippen LogP contribution in [0.3, 0.4) is 0 Å². The Morgan fingerprint density at radius 3 is 2.83 bits per heavy atom. The van der Waals surface area contributed by atoms with Gasteiger partial charge in [-0.25, -0.2) is 4.68 Å². The van der Waals surface area contributed by atoms with Crippen LogP contribution in [0.4, 0.5) is 0 Å². The van der Waals surface area contributed by atoms with E-state index in [1.807, 2.05) is 0 Å². The Morgan fingerprint density at radius 1 is 1.38 bits per heavy atom. The lowest BCUT2D eigenvalue weighted by Crippen LogP contribution is -2.27. The van der Waals surface area contributed by atoms with Crippen LogP contribution in [0.5, 0.6) is 11.5 Å². The number of aromatic nitrogens is 3. The van der Waals surface area contributed by atoms with E-state index >= 15 is 0 Å². The summed E-state index contributed by atoms with van der Waals surface area (Å²) in [6.07, 6.45) is 2.12. The van der Waals surface area contributed by atoms with Gasteiger partial charge in [-0.3, -0.25) is 4.79 Å². The van der Waals surface area contributed by atoms with Gasteiger partial charge in [0.15, 0.2) is 5.82 Å². The second-order valence-corrected chi connectivity index (χ2v) is 6.32. The van der Waals surface area contributed by atoms with Crippen LogP contribution in [-0.4, -0.2) is 46.8 Å². The zero-order chi connectivity index (χ0) is 17.1. The number of ether oxygens (including phenoxy) is 2. The molecule has 1 fully saturated rings. The number of carbonyl (C=O) groups excluding carboxylic acids is 1. The van der Waals surface area contributed by atoms with Crippen LogP contribution in [0, 0.1) is 0 Å². The summed E-state index contributed by atoms with van der Waals surface area (Å²) in [7, 11) is 3.15. The summed E-state index contributed by atoms with van der Waals surface area (Å²) in [5.74, 6) is 8.03. The minimum Gasteiger partial charge on any atom is -0.497 e. The lowest BCUT2D eigenvalue weighted by atomic mass is 10.2. The molecule has 0 saturated heterocycles. The van der Waals surface area contributed by atoms with E-state index < -0.39 is 0 Å². The van der Waals surface area contributed by atoms with Crippen molar-refractivity contribution in [3.8, 4) is 22.9 Å². The molecule has 1 saturated carbocycles. The van der Waals surface area contributed by atoms with E-state index in [0.717, 1.165) is 12.8 Å². The zero-order valence-electron chi connectivity index (χ0n) is 13.5. The van der Waals surface area contributed by atoms with Crippen LogP contribution in [0.25, 0.3) is 11.4 Å². The van der Waals surface area contributed by atoms with E-state index in [-0.39, 0.29) is 11.7 Å². The third kappa shape index (κ3) is 3.56. The molecule has 1 aliphatic rings. The highest BCUT2D eigenvalue weighted by Crippen LogP contribution is 2.32. The highest BCUT2D eigenvalue weighted by molar-refractivity contribution is 7.99. The summed E-state index contributed by atoms with van der Waals surface area (Å²) in [6.45, 7) is 0. The van der Waals surface area contributed by atoms with Gasteiger partial charge in [-0.2, -0.15) is 0 Å². The Balaban J connectivity index is 1.75. The van der Waals surface area contributed by atoms with Crippen molar-refractivity contribution >= 4 is 17.7 Å². The highest BCUT2D eigenvalue weighted by Gasteiger charge is 2.24. The maximum Gasteiger partial charge on any atom is 0.230 e. The third-order valence-corrected chi connectivity index (χ3v) is 4.53. The summed E-state index contributed by atoms with van der Waals surface area (Å²) in [6, 6.07) is 5.69. The highest BCUT2D eigenvalue weighted by atomic mass is 32.2. The standard InChI is InChI=1S/C15H19N5O3S/c1-22-10-5-6-11(12(7-10)23-2)14-18-19-15(20(14)16)24-8-13(21)17-9-3-4-9/h5-7,9H,3-4,8,16H2,1-2H3,(H,17,21). The summed E-state index contributed by atoms with van der Waals surface area (Å²) in [5, 5.41) is 11.6. The Labute approximate surface area is 143 Å². The number of hydrogen-bond acceptors (Lipinski definition) is 7. The molecule has 1 heterocycles. The summed E-state index contributed by atoms with van der Waals surface area (Å²) in [5.41, 5.74) is 0.697. The number of benzene rings is 1. The molecule has 3 rings (SSSR count). The van der Waals surface area contributed by atoms with Crippen molar-refractivity contribution in [2.75, 3.05) is 25.8 Å². The predicted molar refractivity (Wildman–Crippen MR) is 90.6 cm³/mol. The second-order valence-electron chi connectivity index (χ2n) is 5.37. The number of carbonyl (C=O) groups is 1. The summed E-state index contributed by atoms with van der Waals surface area (Å²) in [4.78, 5) is 11.8. The van der Waals surface area contributed by atoms with Gasteiger partial charge >= 0.3 is 0 Å². The molecule has 128 valence electrons. The zero-order valence-corrected chi connectivity index (χ0v) is 14.3. The fourth-order valence-electron chi connectivity index (χ4n) is 2.17. The minimum atomic E-state index is -0.0194. The fourth-order valence-corrected chi connectivity index (χ4v) is 2.84. The normalized spacial score (nSPS) is 13.6. The first-order valence-electron chi connectivity index (χ1n) is 7.47. The van der Waals surface area contributed by atoms with Gasteiger partial charge in [-0.1, -0.05) is 11.8 Å². The van der Waals surface area contributed by atoms with Crippen molar-refractivity contribution in [1.29, 1.82) is 0 Å². The van der Waals surface area contributed by atoms with E-state index in [9.17, 15) is 4.79 Å². The molecule has 0 aliphatic heterocycles. The Kier molecular flexibility index (Phi) is 4.79. The Hall–Kier alpha value is -2.42. The van der Waals surface area contributed by atoms with Gasteiger partial charge in [0.05, 0.1) is 25.5 Å². The molecule has 1 aromatic heterocycles. The fraction of sp³-hybridized carbons (Fsp3) is 0.400. The van der Waals surface area contributed by atoms with Crippen LogP contribution in [-0.2, 0) is 4.79 Å². The van der Waals surface area contributed by atoms with Gasteiger partial charge in [-0.15, -0.1) is 10.2 Å². The van der Waals surface area contributed by atoms with E-state index in [0.29, 0.717) is 34.1 Å². The summed E-state index contributed by atoms with van der Waals surface area (Å²) >= 11 is 1.25. The average molecular weight is 349 g/mol. The first kappa shape index (κ1) is 16.4. The number of nitrogens with one attached hydrogen (secondary N) is 1. The third-order valence-electron chi connectivity index (χ3n) is 3.59. The van der Waals surface area contributed by atoms with E-state index in [2.05, 4.69) is 15.5 Å². The molecule has 1 aliphatic carbocycles. The van der Waals surface area contributed by atoms with Gasteiger partial charge in [0, 0.05) is 12.1 Å². The van der Waals surface area contributed by atoms with Gasteiger partial charge in [0.25, 0.3) is 0 Å². The number of nitrogens with two attached hydrogens (primary N) is 1. The largest absolute Gasteiger partial charge is 0.497 e. The minimum absolute atomic E-state index is 0.0194. The number of nitrogens with zero attached hydrogens (tertiary/aromatic N) is 3. The molecule has 0 unspecified atom stereocenters. The van der Waals surface area contributed by atoms with Gasteiger partial charge in [0.2, 0.25) is 11.1 Å². The molecule has 2 aromatic rings. The number of nitrogen functional groups attached to an aromatic ring is 1. The van der Waals surface area contributed by atoms with Crippen molar-refractivity contribution in [2.45, 2.75) is 24.0 Å². The van der Waals surface area contributed by atoms with Gasteiger partial charge in [0.1, 0.15) is 11.5 Å². The van der Waals surface area contributed by atoms with Crippen molar-refractivity contribution in [3.63, 3.8) is 0 Å². The van der Waals surface area contributed by atoms with Crippen LogP contribution >= 0.6 is 11.8 Å². The first-order chi connectivity index (χ1) is 11.6. The molecule has 0 bridgehead atoms. The van der Waals surface area contributed by atoms with Crippen molar-refractivity contribution < 1.29 is 14.3 Å². The maximum absolute atomic E-state index is 11.8. The average Bonchev–Trinajstić information content (AvgIpc) is 3.33. The van der Waals surface area contributed by atoms with Gasteiger partial charge in [-0.05, 0) is 25.0 Å². The predicted octanol–water partition coefficient (Wildman–Crippen LogP) is 1.05. The first-order valence-corrected chi connectivity index (χ1v) is 8.46. The molecule has 24 heavy (non-hydrogen) atoms.